The number of carbonyl (C=O) groups is 1. The minimum atomic E-state index is -1.34. The van der Waals surface area contributed by atoms with Gasteiger partial charge in [-0.2, -0.15) is 0 Å². The van der Waals surface area contributed by atoms with E-state index in [1.54, 1.807) is 0 Å². The van der Waals surface area contributed by atoms with Gasteiger partial charge in [0, 0.05) is 25.7 Å². The van der Waals surface area contributed by atoms with E-state index >= 15 is 0 Å². The van der Waals surface area contributed by atoms with Crippen LogP contribution in [-0.4, -0.2) is 22.1 Å². The zero-order valence-corrected chi connectivity index (χ0v) is 19.9. The van der Waals surface area contributed by atoms with Gasteiger partial charge in [0.2, 0.25) is 5.79 Å². The van der Waals surface area contributed by atoms with E-state index in [0.717, 1.165) is 0 Å². The summed E-state index contributed by atoms with van der Waals surface area (Å²) in [5, 5.41) is 17.8. The van der Waals surface area contributed by atoms with Crippen molar-refractivity contribution in [3.8, 4) is 0 Å². The van der Waals surface area contributed by atoms with Crippen molar-refractivity contribution in [1.82, 2.24) is 0 Å². The zero-order chi connectivity index (χ0) is 22.3. The first-order valence-corrected chi connectivity index (χ1v) is 9.81. The van der Waals surface area contributed by atoms with Gasteiger partial charge in [0.15, 0.2) is 0 Å². The minimum Gasteiger partial charge on any atom is -0.300 e. The first-order chi connectivity index (χ1) is 11.6. The van der Waals surface area contributed by atoms with Crippen molar-refractivity contribution in [3.63, 3.8) is 0 Å². The van der Waals surface area contributed by atoms with Crippen LogP contribution in [0.25, 0.3) is 0 Å². The Morgan fingerprint density at radius 3 is 1.00 bits per heavy atom. The number of hydrogen-bond acceptors (Lipinski definition) is 5. The largest absolute Gasteiger partial charge is 0.300 e. The van der Waals surface area contributed by atoms with Crippen LogP contribution < -0.4 is 0 Å². The number of carbonyl (C=O) groups excluding carboxylic acids is 1. The Hall–Kier alpha value is -0.490. The van der Waals surface area contributed by atoms with Crippen LogP contribution in [0.4, 0.5) is 0 Å². The third-order valence-electron chi connectivity index (χ3n) is 3.39. The smallest absolute Gasteiger partial charge is 0.234 e. The molecule has 0 bridgehead atoms. The van der Waals surface area contributed by atoms with Crippen LogP contribution in [0.15, 0.2) is 0 Å². The van der Waals surface area contributed by atoms with Crippen LogP contribution in [0.5, 0.6) is 0 Å². The zero-order valence-electron chi connectivity index (χ0n) is 19.9. The van der Waals surface area contributed by atoms with E-state index in [1.807, 2.05) is 41.5 Å². The summed E-state index contributed by atoms with van der Waals surface area (Å²) in [6.45, 7) is 24.6. The summed E-state index contributed by atoms with van der Waals surface area (Å²) < 4.78 is 0. The van der Waals surface area contributed by atoms with Gasteiger partial charge in [-0.3, -0.25) is 4.79 Å². The normalized spacial score (nSPS) is 13.9. The van der Waals surface area contributed by atoms with Gasteiger partial charge in [0.1, 0.15) is 5.78 Å². The summed E-state index contributed by atoms with van der Waals surface area (Å²) in [5.74, 6) is -0.953. The predicted octanol–water partition coefficient (Wildman–Crippen LogP) is 6.96. The van der Waals surface area contributed by atoms with Gasteiger partial charge in [-0.15, -0.1) is 0 Å². The van der Waals surface area contributed by atoms with Crippen molar-refractivity contribution < 1.29 is 25.1 Å². The maximum atomic E-state index is 11.5. The second-order valence-corrected chi connectivity index (χ2v) is 12.6. The maximum Gasteiger partial charge on any atom is 0.234 e. The molecule has 0 radical (unpaired) electrons. The van der Waals surface area contributed by atoms with E-state index in [-0.39, 0.29) is 21.7 Å². The van der Waals surface area contributed by atoms with Crippen LogP contribution in [0.3, 0.4) is 0 Å². The highest BCUT2D eigenvalue weighted by atomic mass is 17.2. The fraction of sp³-hybridized carbons (Fsp3) is 0.955. The lowest BCUT2D eigenvalue weighted by molar-refractivity contribution is -0.496. The molecule has 0 fully saturated rings. The highest BCUT2D eigenvalue weighted by molar-refractivity contribution is 5.79. The quantitative estimate of drug-likeness (QED) is 0.291. The molecule has 0 aliphatic carbocycles. The molecule has 5 heteroatoms. The Bertz CT molecular complexity index is 388. The minimum absolute atomic E-state index is 0.114. The molecule has 5 nitrogen and oxygen atoms in total. The lowest BCUT2D eigenvalue weighted by Gasteiger charge is -2.36. The average Bonchev–Trinajstić information content (AvgIpc) is 2.30. The van der Waals surface area contributed by atoms with Crippen molar-refractivity contribution >= 4 is 5.78 Å². The molecule has 0 atom stereocenters. The molecule has 2 N–H and O–H groups in total. The van der Waals surface area contributed by atoms with Gasteiger partial charge in [-0.25, -0.2) is 20.3 Å². The molecule has 0 aromatic heterocycles. The molecule has 0 aromatic carbocycles. The first-order valence-electron chi connectivity index (χ1n) is 9.81. The first kappa shape index (κ1) is 28.7. The van der Waals surface area contributed by atoms with Crippen LogP contribution in [-0.2, 0) is 14.6 Å². The van der Waals surface area contributed by atoms with E-state index in [9.17, 15) is 4.79 Å². The Morgan fingerprint density at radius 2 is 0.852 bits per heavy atom. The summed E-state index contributed by atoms with van der Waals surface area (Å²) in [4.78, 5) is 20.2. The molecule has 0 saturated heterocycles. The molecular formula is C22H46O5. The van der Waals surface area contributed by atoms with E-state index < -0.39 is 5.79 Å². The standard InChI is InChI=1S/C11H24O4.C11H22O/c1-9(2,3)7-11(14-12,15-13)8-10(4,5)6;1-10(2,3)7-9(12)8-11(4,5)6/h12-13H,7-8H2,1-6H3;7-8H2,1-6H3. The lowest BCUT2D eigenvalue weighted by Crippen LogP contribution is -2.41. The van der Waals surface area contributed by atoms with Crippen LogP contribution in [0.2, 0.25) is 0 Å². The molecule has 0 aromatic rings. The topological polar surface area (TPSA) is 76.0 Å². The molecule has 0 aliphatic heterocycles. The number of rotatable bonds is 6. The Balaban J connectivity index is 0. The predicted molar refractivity (Wildman–Crippen MR) is 111 cm³/mol. The summed E-state index contributed by atoms with van der Waals surface area (Å²) in [6, 6.07) is 0. The van der Waals surface area contributed by atoms with Crippen LogP contribution in [0, 0.1) is 21.7 Å². The fourth-order valence-electron chi connectivity index (χ4n) is 3.07. The monoisotopic (exact) mass is 390 g/mol. The molecule has 0 saturated carbocycles. The molecule has 0 rings (SSSR count). The summed E-state index contributed by atoms with van der Waals surface area (Å²) >= 11 is 0. The van der Waals surface area contributed by atoms with Crippen molar-refractivity contribution in [2.75, 3.05) is 0 Å². The second kappa shape index (κ2) is 10.3. The average molecular weight is 391 g/mol. The highest BCUT2D eigenvalue weighted by Crippen LogP contribution is 2.38. The van der Waals surface area contributed by atoms with Crippen LogP contribution in [0.1, 0.15) is 109 Å². The molecular weight excluding hydrogens is 344 g/mol. The van der Waals surface area contributed by atoms with Gasteiger partial charge >= 0.3 is 0 Å². The third kappa shape index (κ3) is 18.6. The second-order valence-electron chi connectivity index (χ2n) is 12.6. The van der Waals surface area contributed by atoms with Crippen molar-refractivity contribution in [3.05, 3.63) is 0 Å². The van der Waals surface area contributed by atoms with E-state index in [4.69, 9.17) is 10.5 Å². The van der Waals surface area contributed by atoms with Gasteiger partial charge < -0.3 is 0 Å². The molecule has 0 spiro atoms. The highest BCUT2D eigenvalue weighted by Gasteiger charge is 2.41. The van der Waals surface area contributed by atoms with Crippen LogP contribution >= 0.6 is 0 Å². The Morgan fingerprint density at radius 1 is 0.593 bits per heavy atom. The van der Waals surface area contributed by atoms with Crippen molar-refractivity contribution in [2.24, 2.45) is 21.7 Å². The van der Waals surface area contributed by atoms with Gasteiger partial charge in [-0.1, -0.05) is 83.1 Å². The van der Waals surface area contributed by atoms with Gasteiger partial charge in [0.25, 0.3) is 0 Å². The third-order valence-corrected chi connectivity index (χ3v) is 3.39. The van der Waals surface area contributed by atoms with Gasteiger partial charge in [0.05, 0.1) is 0 Å². The van der Waals surface area contributed by atoms with E-state index in [1.165, 1.54) is 0 Å². The fourth-order valence-corrected chi connectivity index (χ4v) is 3.07. The molecule has 0 heterocycles. The van der Waals surface area contributed by atoms with Crippen molar-refractivity contribution in [1.29, 1.82) is 0 Å². The Labute approximate surface area is 167 Å². The molecule has 0 aliphatic rings. The van der Waals surface area contributed by atoms with Gasteiger partial charge in [-0.05, 0) is 21.7 Å². The Kier molecular flexibility index (Phi) is 11.0. The summed E-state index contributed by atoms with van der Waals surface area (Å²) in [7, 11) is 0. The lowest BCUT2D eigenvalue weighted by atomic mass is 9.80. The van der Waals surface area contributed by atoms with E-state index in [0.29, 0.717) is 31.5 Å². The van der Waals surface area contributed by atoms with Crippen molar-refractivity contribution in [2.45, 2.75) is 115 Å². The molecule has 0 amide bonds. The number of Topliss-reactive ketones (excluding diaryl/α,β-unsaturated/α-hetero) is 1. The molecule has 0 unspecified atom stereocenters. The number of hydrogen-bond donors (Lipinski definition) is 2. The SMILES string of the molecule is CC(C)(C)CC(=O)CC(C)(C)C.CC(C)(C)CC(CC(C)(C)C)(OO)OO. The molecule has 164 valence electrons. The number of ketones is 1. The maximum absolute atomic E-state index is 11.5. The molecule has 27 heavy (non-hydrogen) atoms. The van der Waals surface area contributed by atoms with E-state index in [2.05, 4.69) is 51.3 Å². The summed E-state index contributed by atoms with van der Waals surface area (Å²) in [6.07, 6.45) is 2.21. The summed E-state index contributed by atoms with van der Waals surface area (Å²) in [5.41, 5.74) is 0.0537.